The lowest BCUT2D eigenvalue weighted by Gasteiger charge is -2.10. The summed E-state index contributed by atoms with van der Waals surface area (Å²) in [7, 11) is 0. The van der Waals surface area contributed by atoms with Crippen molar-refractivity contribution in [1.82, 2.24) is 4.40 Å². The molecule has 27 heavy (non-hydrogen) atoms. The number of benzene rings is 1. The van der Waals surface area contributed by atoms with Crippen LogP contribution in [0, 0.1) is 5.82 Å². The van der Waals surface area contributed by atoms with Gasteiger partial charge in [0.1, 0.15) is 16.2 Å². The summed E-state index contributed by atoms with van der Waals surface area (Å²) in [6, 6.07) is 2.20. The van der Waals surface area contributed by atoms with Gasteiger partial charge in [-0.25, -0.2) is 9.18 Å². The third kappa shape index (κ3) is 3.19. The molecule has 0 spiro atoms. The van der Waals surface area contributed by atoms with E-state index in [9.17, 15) is 23.9 Å². The first-order valence-electron chi connectivity index (χ1n) is 8.17. The lowest BCUT2D eigenvalue weighted by atomic mass is 10.1. The number of halogens is 2. The van der Waals surface area contributed by atoms with E-state index in [0.717, 1.165) is 22.3 Å². The van der Waals surface area contributed by atoms with Crippen LogP contribution in [0.1, 0.15) is 34.8 Å². The Morgan fingerprint density at radius 1 is 1.33 bits per heavy atom. The molecule has 3 rings (SSSR count). The van der Waals surface area contributed by atoms with E-state index in [2.05, 4.69) is 0 Å². The highest BCUT2D eigenvalue weighted by molar-refractivity contribution is 7.18. The zero-order valence-corrected chi connectivity index (χ0v) is 16.0. The number of rotatable bonds is 5. The SMILES string of the molecule is CCOC(=O)Cc1c(CC)sc2c(C(=O)O)c(=O)c3cc(F)c(Cl)cc3n12. The van der Waals surface area contributed by atoms with Crippen LogP contribution in [0.2, 0.25) is 5.02 Å². The van der Waals surface area contributed by atoms with Gasteiger partial charge in [0, 0.05) is 10.6 Å². The lowest BCUT2D eigenvalue weighted by molar-refractivity contribution is -0.142. The Balaban J connectivity index is 2.52. The van der Waals surface area contributed by atoms with E-state index in [1.54, 1.807) is 6.92 Å². The number of carbonyl (C=O) groups excluding carboxylic acids is 1. The Labute approximate surface area is 161 Å². The number of ether oxygens (including phenoxy) is 1. The topological polar surface area (TPSA) is 85.1 Å². The fourth-order valence-electron chi connectivity index (χ4n) is 3.01. The molecule has 0 saturated heterocycles. The largest absolute Gasteiger partial charge is 0.477 e. The van der Waals surface area contributed by atoms with Crippen molar-refractivity contribution in [3.8, 4) is 0 Å². The molecule has 0 bridgehead atoms. The minimum absolute atomic E-state index is 0.108. The number of pyridine rings is 1. The van der Waals surface area contributed by atoms with Crippen molar-refractivity contribution in [3.63, 3.8) is 0 Å². The highest BCUT2D eigenvalue weighted by Gasteiger charge is 2.25. The maximum atomic E-state index is 13.9. The van der Waals surface area contributed by atoms with Crippen LogP contribution in [0.5, 0.6) is 0 Å². The quantitative estimate of drug-likeness (QED) is 0.647. The average Bonchev–Trinajstić information content (AvgIpc) is 2.94. The van der Waals surface area contributed by atoms with Gasteiger partial charge in [-0.15, -0.1) is 11.3 Å². The fraction of sp³-hybridized carbons (Fsp3) is 0.278. The molecule has 0 radical (unpaired) electrons. The van der Waals surface area contributed by atoms with Crippen LogP contribution < -0.4 is 5.43 Å². The van der Waals surface area contributed by atoms with Crippen molar-refractivity contribution in [1.29, 1.82) is 0 Å². The number of fused-ring (bicyclic) bond motifs is 3. The summed E-state index contributed by atoms with van der Waals surface area (Å²) in [4.78, 5) is 37.4. The number of carboxylic acid groups (broad SMARTS) is 1. The predicted molar refractivity (Wildman–Crippen MR) is 101 cm³/mol. The second-order valence-electron chi connectivity index (χ2n) is 5.74. The van der Waals surface area contributed by atoms with Gasteiger partial charge in [0.25, 0.3) is 0 Å². The van der Waals surface area contributed by atoms with Gasteiger partial charge in [-0.3, -0.25) is 9.59 Å². The van der Waals surface area contributed by atoms with Crippen LogP contribution in [-0.2, 0) is 22.4 Å². The van der Waals surface area contributed by atoms with Crippen LogP contribution >= 0.6 is 22.9 Å². The maximum Gasteiger partial charge on any atom is 0.342 e. The van der Waals surface area contributed by atoms with Gasteiger partial charge in [-0.1, -0.05) is 18.5 Å². The Kier molecular flexibility index (Phi) is 5.21. The van der Waals surface area contributed by atoms with Crippen molar-refractivity contribution in [2.45, 2.75) is 26.7 Å². The molecule has 0 atom stereocenters. The number of hydrogen-bond acceptors (Lipinski definition) is 5. The molecule has 0 aliphatic rings. The van der Waals surface area contributed by atoms with Gasteiger partial charge >= 0.3 is 11.9 Å². The summed E-state index contributed by atoms with van der Waals surface area (Å²) in [5.74, 6) is -2.72. The zero-order chi connectivity index (χ0) is 19.9. The van der Waals surface area contributed by atoms with Crippen LogP contribution in [-0.4, -0.2) is 28.1 Å². The molecule has 0 aliphatic carbocycles. The number of carbonyl (C=O) groups is 2. The minimum Gasteiger partial charge on any atom is -0.477 e. The average molecular weight is 412 g/mol. The summed E-state index contributed by atoms with van der Waals surface area (Å²) in [6.07, 6.45) is 0.411. The number of esters is 1. The maximum absolute atomic E-state index is 13.9. The summed E-state index contributed by atoms with van der Waals surface area (Å²) in [5, 5.41) is 9.25. The first-order valence-corrected chi connectivity index (χ1v) is 9.36. The van der Waals surface area contributed by atoms with E-state index in [4.69, 9.17) is 16.3 Å². The predicted octanol–water partition coefficient (Wildman–Crippen LogP) is 3.67. The Hall–Kier alpha value is -2.45. The van der Waals surface area contributed by atoms with Crippen LogP contribution in [0.15, 0.2) is 16.9 Å². The molecule has 0 unspecified atom stereocenters. The molecule has 6 nitrogen and oxygen atoms in total. The van der Waals surface area contributed by atoms with Crippen LogP contribution in [0.3, 0.4) is 0 Å². The first kappa shape index (κ1) is 19.3. The Bertz CT molecular complexity index is 1150. The van der Waals surface area contributed by atoms with Gasteiger partial charge in [0.15, 0.2) is 0 Å². The summed E-state index contributed by atoms with van der Waals surface area (Å²) < 4.78 is 20.5. The molecular weight excluding hydrogens is 397 g/mol. The van der Waals surface area contributed by atoms with Crippen molar-refractivity contribution >= 4 is 50.6 Å². The van der Waals surface area contributed by atoms with Crippen molar-refractivity contribution in [3.05, 3.63) is 49.3 Å². The standard InChI is InChI=1S/C18H15ClFNO5S/c1-3-13-12(7-14(22)26-4-2)21-11-6-9(19)10(20)5-8(11)16(23)15(18(24)25)17(21)27-13/h5-6H,3-4,7H2,1-2H3,(H,24,25). The molecule has 1 aromatic carbocycles. The Morgan fingerprint density at radius 2 is 2.04 bits per heavy atom. The molecule has 0 aliphatic heterocycles. The van der Waals surface area contributed by atoms with Gasteiger partial charge in [0.05, 0.1) is 29.0 Å². The normalized spacial score (nSPS) is 11.3. The molecule has 0 fully saturated rings. The second kappa shape index (κ2) is 7.28. The van der Waals surface area contributed by atoms with E-state index < -0.39 is 28.7 Å². The number of aryl methyl sites for hydroxylation is 1. The fourth-order valence-corrected chi connectivity index (χ4v) is 4.41. The number of aromatic carboxylic acids is 1. The summed E-state index contributed by atoms with van der Waals surface area (Å²) in [5.41, 5.74) is -0.494. The second-order valence-corrected chi connectivity index (χ2v) is 7.23. The highest BCUT2D eigenvalue weighted by atomic mass is 35.5. The molecule has 2 heterocycles. The van der Waals surface area contributed by atoms with E-state index in [1.807, 2.05) is 6.92 Å². The molecule has 142 valence electrons. The van der Waals surface area contributed by atoms with Crippen molar-refractivity contribution in [2.24, 2.45) is 0 Å². The molecule has 2 aromatic heterocycles. The summed E-state index contributed by atoms with van der Waals surface area (Å²) in [6.45, 7) is 3.74. The van der Waals surface area contributed by atoms with Gasteiger partial charge in [-0.2, -0.15) is 0 Å². The smallest absolute Gasteiger partial charge is 0.342 e. The molecule has 1 N–H and O–H groups in total. The summed E-state index contributed by atoms with van der Waals surface area (Å²) >= 11 is 7.01. The number of hydrogen-bond donors (Lipinski definition) is 1. The van der Waals surface area contributed by atoms with E-state index in [0.29, 0.717) is 12.1 Å². The minimum atomic E-state index is -1.42. The number of carboxylic acids is 1. The third-order valence-corrected chi connectivity index (χ3v) is 5.77. The van der Waals surface area contributed by atoms with Crippen molar-refractivity contribution < 1.29 is 23.8 Å². The molecule has 9 heteroatoms. The molecule has 3 aromatic rings. The van der Waals surface area contributed by atoms with E-state index in [1.165, 1.54) is 10.5 Å². The molecule has 0 amide bonds. The number of nitrogens with zero attached hydrogens (tertiary/aromatic N) is 1. The number of aromatic nitrogens is 1. The van der Waals surface area contributed by atoms with E-state index in [-0.39, 0.29) is 33.8 Å². The van der Waals surface area contributed by atoms with E-state index >= 15 is 0 Å². The lowest BCUT2D eigenvalue weighted by Crippen LogP contribution is -2.19. The van der Waals surface area contributed by atoms with Gasteiger partial charge in [-0.05, 0) is 25.5 Å². The first-order chi connectivity index (χ1) is 12.8. The molecular formula is C18H15ClFNO5S. The van der Waals surface area contributed by atoms with Gasteiger partial charge in [0.2, 0.25) is 5.43 Å². The molecule has 0 saturated carbocycles. The van der Waals surface area contributed by atoms with Crippen LogP contribution in [0.25, 0.3) is 15.7 Å². The highest BCUT2D eigenvalue weighted by Crippen LogP contribution is 2.32. The van der Waals surface area contributed by atoms with Gasteiger partial charge < -0.3 is 14.2 Å². The third-order valence-electron chi connectivity index (χ3n) is 4.13. The number of thiazole rings is 1. The Morgan fingerprint density at radius 3 is 2.63 bits per heavy atom. The zero-order valence-electron chi connectivity index (χ0n) is 14.5. The van der Waals surface area contributed by atoms with Crippen molar-refractivity contribution in [2.75, 3.05) is 6.61 Å². The van der Waals surface area contributed by atoms with Crippen LogP contribution in [0.4, 0.5) is 4.39 Å². The monoisotopic (exact) mass is 411 g/mol.